The van der Waals surface area contributed by atoms with Gasteiger partial charge in [0.15, 0.2) is 11.6 Å². The van der Waals surface area contributed by atoms with Crippen LogP contribution < -0.4 is 16.4 Å². The van der Waals surface area contributed by atoms with Gasteiger partial charge >= 0.3 is 5.97 Å². The first kappa shape index (κ1) is 15.6. The molecule has 7 heteroatoms. The molecule has 1 aromatic heterocycles. The van der Waals surface area contributed by atoms with Crippen molar-refractivity contribution in [3.8, 4) is 0 Å². The average molecular weight is 301 g/mol. The minimum atomic E-state index is -0.343. The van der Waals surface area contributed by atoms with Gasteiger partial charge < -0.3 is 21.1 Å². The number of benzene rings is 1. The Hall–Kier alpha value is -2.83. The molecule has 2 aromatic rings. The van der Waals surface area contributed by atoms with E-state index in [1.54, 1.807) is 31.2 Å². The standard InChI is InChI=1S/C15H19N5O2/c1-3-17-13-12(16)14(19-9-18-13)20-11-7-5-10(6-8-11)15(21)22-4-2/h5-9H,3-4,16H2,1-2H3,(H2,17,18,19,20). The van der Waals surface area contributed by atoms with Crippen LogP contribution in [0.25, 0.3) is 0 Å². The van der Waals surface area contributed by atoms with E-state index < -0.39 is 0 Å². The zero-order valence-corrected chi connectivity index (χ0v) is 12.6. The molecule has 0 unspecified atom stereocenters. The largest absolute Gasteiger partial charge is 0.462 e. The van der Waals surface area contributed by atoms with Gasteiger partial charge in [-0.2, -0.15) is 0 Å². The molecule has 0 atom stereocenters. The summed E-state index contributed by atoms with van der Waals surface area (Å²) in [6, 6.07) is 6.90. The number of nitrogens with two attached hydrogens (primary N) is 1. The van der Waals surface area contributed by atoms with Gasteiger partial charge in [-0.25, -0.2) is 14.8 Å². The summed E-state index contributed by atoms with van der Waals surface area (Å²) in [5.41, 5.74) is 7.72. The number of ether oxygens (including phenoxy) is 1. The molecule has 7 nitrogen and oxygen atoms in total. The Kier molecular flexibility index (Phi) is 5.13. The molecular formula is C15H19N5O2. The number of carbonyl (C=O) groups is 1. The number of nitrogens with zero attached hydrogens (tertiary/aromatic N) is 2. The van der Waals surface area contributed by atoms with Crippen molar-refractivity contribution in [3.63, 3.8) is 0 Å². The summed E-state index contributed by atoms with van der Waals surface area (Å²) in [5, 5.41) is 6.16. The van der Waals surface area contributed by atoms with Crippen LogP contribution in [0.1, 0.15) is 24.2 Å². The lowest BCUT2D eigenvalue weighted by atomic mass is 10.2. The lowest BCUT2D eigenvalue weighted by Gasteiger charge is -2.11. The summed E-state index contributed by atoms with van der Waals surface area (Å²) in [4.78, 5) is 19.8. The number of carbonyl (C=O) groups excluding carboxylic acids is 1. The summed E-state index contributed by atoms with van der Waals surface area (Å²) in [5.74, 6) is 0.753. The molecule has 0 spiro atoms. The number of aromatic nitrogens is 2. The lowest BCUT2D eigenvalue weighted by molar-refractivity contribution is 0.0526. The number of hydrogen-bond donors (Lipinski definition) is 3. The van der Waals surface area contributed by atoms with Crippen LogP contribution in [-0.4, -0.2) is 29.1 Å². The Morgan fingerprint density at radius 2 is 1.86 bits per heavy atom. The summed E-state index contributed by atoms with van der Waals surface area (Å²) in [7, 11) is 0. The summed E-state index contributed by atoms with van der Waals surface area (Å²) in [6.07, 6.45) is 1.43. The van der Waals surface area contributed by atoms with Crippen LogP contribution in [0.2, 0.25) is 0 Å². The van der Waals surface area contributed by atoms with Crippen molar-refractivity contribution in [2.75, 3.05) is 29.5 Å². The molecule has 0 aliphatic carbocycles. The molecule has 0 aliphatic rings. The Morgan fingerprint density at radius 1 is 1.18 bits per heavy atom. The van der Waals surface area contributed by atoms with Crippen molar-refractivity contribution in [3.05, 3.63) is 36.2 Å². The number of rotatable bonds is 6. The third-order valence-electron chi connectivity index (χ3n) is 2.89. The molecule has 4 N–H and O–H groups in total. The van der Waals surface area contributed by atoms with E-state index in [9.17, 15) is 4.79 Å². The highest BCUT2D eigenvalue weighted by molar-refractivity contribution is 5.90. The second kappa shape index (κ2) is 7.26. The SMILES string of the molecule is CCNc1ncnc(Nc2ccc(C(=O)OCC)cc2)c1N. The van der Waals surface area contributed by atoms with E-state index >= 15 is 0 Å². The van der Waals surface area contributed by atoms with Gasteiger partial charge in [0.05, 0.1) is 12.2 Å². The first-order valence-corrected chi connectivity index (χ1v) is 7.04. The van der Waals surface area contributed by atoms with Gasteiger partial charge in [-0.1, -0.05) is 0 Å². The van der Waals surface area contributed by atoms with Crippen molar-refractivity contribution in [2.45, 2.75) is 13.8 Å². The monoisotopic (exact) mass is 301 g/mol. The Labute approximate surface area is 128 Å². The highest BCUT2D eigenvalue weighted by Gasteiger charge is 2.09. The van der Waals surface area contributed by atoms with Gasteiger partial charge in [0, 0.05) is 12.2 Å². The Balaban J connectivity index is 2.14. The van der Waals surface area contributed by atoms with Crippen LogP contribution in [0.5, 0.6) is 0 Å². The average Bonchev–Trinajstić information content (AvgIpc) is 2.52. The van der Waals surface area contributed by atoms with Gasteiger partial charge in [-0.3, -0.25) is 0 Å². The number of nitrogens with one attached hydrogen (secondary N) is 2. The summed E-state index contributed by atoms with van der Waals surface area (Å²) < 4.78 is 4.94. The van der Waals surface area contributed by atoms with E-state index in [4.69, 9.17) is 10.5 Å². The van der Waals surface area contributed by atoms with Crippen molar-refractivity contribution < 1.29 is 9.53 Å². The maximum Gasteiger partial charge on any atom is 0.338 e. The molecule has 1 aromatic carbocycles. The van der Waals surface area contributed by atoms with E-state index in [-0.39, 0.29) is 5.97 Å². The van der Waals surface area contributed by atoms with Gasteiger partial charge in [-0.15, -0.1) is 0 Å². The summed E-state index contributed by atoms with van der Waals surface area (Å²) in [6.45, 7) is 4.80. The zero-order valence-electron chi connectivity index (χ0n) is 12.6. The van der Waals surface area contributed by atoms with Crippen LogP contribution in [0.15, 0.2) is 30.6 Å². The number of anilines is 4. The topological polar surface area (TPSA) is 102 Å². The molecule has 0 bridgehead atoms. The molecule has 22 heavy (non-hydrogen) atoms. The quantitative estimate of drug-likeness (QED) is 0.704. The number of nitrogen functional groups attached to an aromatic ring is 1. The molecule has 2 rings (SSSR count). The first-order valence-electron chi connectivity index (χ1n) is 7.04. The second-order valence-corrected chi connectivity index (χ2v) is 4.44. The minimum Gasteiger partial charge on any atom is -0.462 e. The highest BCUT2D eigenvalue weighted by Crippen LogP contribution is 2.25. The van der Waals surface area contributed by atoms with Crippen molar-refractivity contribution >= 4 is 29.0 Å². The van der Waals surface area contributed by atoms with Gasteiger partial charge in [-0.05, 0) is 38.1 Å². The highest BCUT2D eigenvalue weighted by atomic mass is 16.5. The van der Waals surface area contributed by atoms with Crippen LogP contribution in [0.3, 0.4) is 0 Å². The normalized spacial score (nSPS) is 10.1. The zero-order chi connectivity index (χ0) is 15.9. The molecule has 0 saturated heterocycles. The molecule has 0 fully saturated rings. The van der Waals surface area contributed by atoms with Crippen molar-refractivity contribution in [1.82, 2.24) is 9.97 Å². The maximum absolute atomic E-state index is 11.6. The van der Waals surface area contributed by atoms with Gasteiger partial charge in [0.1, 0.15) is 12.0 Å². The van der Waals surface area contributed by atoms with Crippen LogP contribution in [0.4, 0.5) is 23.0 Å². The lowest BCUT2D eigenvalue weighted by Crippen LogP contribution is -2.07. The maximum atomic E-state index is 11.6. The smallest absolute Gasteiger partial charge is 0.338 e. The second-order valence-electron chi connectivity index (χ2n) is 4.44. The van der Waals surface area contributed by atoms with Crippen molar-refractivity contribution in [2.24, 2.45) is 0 Å². The summed E-state index contributed by atoms with van der Waals surface area (Å²) >= 11 is 0. The van der Waals surface area contributed by atoms with Gasteiger partial charge in [0.25, 0.3) is 0 Å². The van der Waals surface area contributed by atoms with Crippen LogP contribution in [-0.2, 0) is 4.74 Å². The molecular weight excluding hydrogens is 282 g/mol. The third kappa shape index (κ3) is 3.63. The van der Waals surface area contributed by atoms with E-state index in [1.807, 2.05) is 6.92 Å². The Bertz CT molecular complexity index is 643. The molecule has 0 saturated carbocycles. The van der Waals surface area contributed by atoms with Crippen LogP contribution >= 0.6 is 0 Å². The fourth-order valence-electron chi connectivity index (χ4n) is 1.84. The molecule has 0 radical (unpaired) electrons. The van der Waals surface area contributed by atoms with E-state index in [1.165, 1.54) is 6.33 Å². The fourth-order valence-corrected chi connectivity index (χ4v) is 1.84. The number of esters is 1. The molecule has 0 aliphatic heterocycles. The molecule has 0 amide bonds. The number of hydrogen-bond acceptors (Lipinski definition) is 7. The molecule has 116 valence electrons. The van der Waals surface area contributed by atoms with Crippen LogP contribution in [0, 0.1) is 0 Å². The van der Waals surface area contributed by atoms with Gasteiger partial charge in [0.2, 0.25) is 0 Å². The minimum absolute atomic E-state index is 0.343. The first-order chi connectivity index (χ1) is 10.7. The van der Waals surface area contributed by atoms with E-state index in [2.05, 4.69) is 20.6 Å². The van der Waals surface area contributed by atoms with E-state index in [0.717, 1.165) is 12.2 Å². The predicted octanol–water partition coefficient (Wildman–Crippen LogP) is 2.41. The molecule has 1 heterocycles. The van der Waals surface area contributed by atoms with E-state index in [0.29, 0.717) is 29.5 Å². The van der Waals surface area contributed by atoms with Crippen molar-refractivity contribution in [1.29, 1.82) is 0 Å². The predicted molar refractivity (Wildman–Crippen MR) is 86.3 cm³/mol. The Morgan fingerprint density at radius 3 is 2.50 bits per heavy atom. The third-order valence-corrected chi connectivity index (χ3v) is 2.89. The fraction of sp³-hybridized carbons (Fsp3) is 0.267.